The quantitative estimate of drug-likeness (QED) is 0.792. The summed E-state index contributed by atoms with van der Waals surface area (Å²) in [6.07, 6.45) is 1.98. The minimum Gasteiger partial charge on any atom is -0.391 e. The van der Waals surface area contributed by atoms with Crippen molar-refractivity contribution in [1.82, 2.24) is 14.7 Å². The second-order valence-electron chi connectivity index (χ2n) is 6.73. The normalized spacial score (nSPS) is 16.8. The van der Waals surface area contributed by atoms with E-state index in [-0.39, 0.29) is 5.91 Å². The molecule has 1 aromatic heterocycles. The van der Waals surface area contributed by atoms with Crippen molar-refractivity contribution in [3.63, 3.8) is 0 Å². The first kappa shape index (κ1) is 16.5. The number of likely N-dealkylation sites (tertiary alicyclic amines) is 1. The molecule has 1 atom stereocenters. The minimum atomic E-state index is -0.439. The van der Waals surface area contributed by atoms with Gasteiger partial charge in [-0.05, 0) is 25.5 Å². The highest BCUT2D eigenvalue weighted by atomic mass is 16.3. The fourth-order valence-corrected chi connectivity index (χ4v) is 3.27. The third kappa shape index (κ3) is 3.13. The fourth-order valence-electron chi connectivity index (χ4n) is 3.27. The molecule has 1 amide bonds. The van der Waals surface area contributed by atoms with Crippen molar-refractivity contribution in [3.8, 4) is 16.9 Å². The van der Waals surface area contributed by atoms with E-state index in [9.17, 15) is 9.90 Å². The number of aliphatic hydroxyl groups is 1. The van der Waals surface area contributed by atoms with Crippen molar-refractivity contribution >= 4 is 5.91 Å². The molecule has 1 aliphatic heterocycles. The van der Waals surface area contributed by atoms with E-state index >= 15 is 0 Å². The molecule has 2 aromatic carbocycles. The third-order valence-corrected chi connectivity index (χ3v) is 4.74. The third-order valence-electron chi connectivity index (χ3n) is 4.74. The molecule has 5 nitrogen and oxygen atoms in total. The molecule has 4 rings (SSSR count). The molecule has 5 heteroatoms. The Bertz CT molecular complexity index is 916. The number of benzene rings is 2. The van der Waals surface area contributed by atoms with Crippen molar-refractivity contribution in [2.24, 2.45) is 0 Å². The molecule has 1 N–H and O–H groups in total. The number of rotatable bonds is 3. The van der Waals surface area contributed by atoms with Crippen molar-refractivity contribution < 1.29 is 9.90 Å². The first-order valence-electron chi connectivity index (χ1n) is 8.81. The number of aliphatic hydroxyl groups excluding tert-OH is 1. The Balaban J connectivity index is 1.78. The summed E-state index contributed by atoms with van der Waals surface area (Å²) in [6, 6.07) is 17.8. The van der Waals surface area contributed by atoms with Crippen LogP contribution < -0.4 is 0 Å². The summed E-state index contributed by atoms with van der Waals surface area (Å²) in [4.78, 5) is 14.7. The highest BCUT2D eigenvalue weighted by molar-refractivity contribution is 6.00. The van der Waals surface area contributed by atoms with Crippen molar-refractivity contribution in [2.75, 3.05) is 13.1 Å². The Hall–Kier alpha value is -2.92. The van der Waals surface area contributed by atoms with Gasteiger partial charge in [-0.3, -0.25) is 4.79 Å². The number of carbonyl (C=O) groups is 1. The molecule has 1 aliphatic rings. The van der Waals surface area contributed by atoms with Crippen LogP contribution in [0.15, 0.2) is 60.8 Å². The summed E-state index contributed by atoms with van der Waals surface area (Å²) in [5, 5.41) is 14.5. The van der Waals surface area contributed by atoms with Crippen LogP contribution in [0, 0.1) is 6.92 Å². The lowest BCUT2D eigenvalue weighted by atomic mass is 10.1. The number of hydrogen-bond acceptors (Lipinski definition) is 3. The maximum absolute atomic E-state index is 13.0. The molecule has 2 heterocycles. The number of hydrogen-bond donors (Lipinski definition) is 1. The molecule has 3 aromatic rings. The molecule has 0 spiro atoms. The predicted molar refractivity (Wildman–Crippen MR) is 100 cm³/mol. The van der Waals surface area contributed by atoms with E-state index in [2.05, 4.69) is 0 Å². The van der Waals surface area contributed by atoms with Crippen LogP contribution in [0.2, 0.25) is 0 Å². The minimum absolute atomic E-state index is 0.0845. The average molecular weight is 347 g/mol. The van der Waals surface area contributed by atoms with Gasteiger partial charge in [-0.15, -0.1) is 0 Å². The largest absolute Gasteiger partial charge is 0.391 e. The van der Waals surface area contributed by atoms with E-state index in [0.717, 1.165) is 11.3 Å². The first-order chi connectivity index (χ1) is 12.6. The zero-order chi connectivity index (χ0) is 18.1. The zero-order valence-corrected chi connectivity index (χ0v) is 14.7. The molecule has 26 heavy (non-hydrogen) atoms. The van der Waals surface area contributed by atoms with Crippen LogP contribution >= 0.6 is 0 Å². The van der Waals surface area contributed by atoms with Crippen LogP contribution in [0.3, 0.4) is 0 Å². The summed E-state index contributed by atoms with van der Waals surface area (Å²) in [6.45, 7) is 2.99. The maximum atomic E-state index is 13.0. The SMILES string of the molecule is Cc1ccc(-n2cc(C(=O)N3CC[C@@H](O)C3)c(-c3ccccc3)n2)cc1. The van der Waals surface area contributed by atoms with Crippen molar-refractivity contribution in [1.29, 1.82) is 0 Å². The summed E-state index contributed by atoms with van der Waals surface area (Å²) >= 11 is 0. The van der Waals surface area contributed by atoms with Crippen LogP contribution in [0.5, 0.6) is 0 Å². The van der Waals surface area contributed by atoms with Crippen molar-refractivity contribution in [3.05, 3.63) is 71.9 Å². The highest BCUT2D eigenvalue weighted by Crippen LogP contribution is 2.26. The van der Waals surface area contributed by atoms with Gasteiger partial charge in [-0.25, -0.2) is 4.68 Å². The number of aryl methyl sites for hydroxylation is 1. The number of carbonyl (C=O) groups excluding carboxylic acids is 1. The molecule has 0 saturated carbocycles. The Morgan fingerprint density at radius 3 is 2.50 bits per heavy atom. The van der Waals surface area contributed by atoms with Gasteiger partial charge in [0.1, 0.15) is 5.69 Å². The number of amides is 1. The molecular formula is C21H21N3O2. The zero-order valence-electron chi connectivity index (χ0n) is 14.7. The maximum Gasteiger partial charge on any atom is 0.257 e. The first-order valence-corrected chi connectivity index (χ1v) is 8.81. The monoisotopic (exact) mass is 347 g/mol. The Labute approximate surface area is 152 Å². The molecular weight excluding hydrogens is 326 g/mol. The summed E-state index contributed by atoms with van der Waals surface area (Å²) in [5.74, 6) is -0.0845. The predicted octanol–water partition coefficient (Wildman–Crippen LogP) is 3.05. The van der Waals surface area contributed by atoms with Gasteiger partial charge in [0.15, 0.2) is 0 Å². The van der Waals surface area contributed by atoms with Gasteiger partial charge in [0.2, 0.25) is 0 Å². The molecule has 1 saturated heterocycles. The van der Waals surface area contributed by atoms with Crippen molar-refractivity contribution in [2.45, 2.75) is 19.4 Å². The molecule has 1 fully saturated rings. The van der Waals surface area contributed by atoms with Gasteiger partial charge in [-0.1, -0.05) is 48.0 Å². The van der Waals surface area contributed by atoms with Crippen LogP contribution in [0.1, 0.15) is 22.3 Å². The van der Waals surface area contributed by atoms with E-state index in [4.69, 9.17) is 5.10 Å². The number of aromatic nitrogens is 2. The van der Waals surface area contributed by atoms with Gasteiger partial charge in [0.25, 0.3) is 5.91 Å². The lowest BCUT2D eigenvalue weighted by molar-refractivity contribution is 0.0765. The van der Waals surface area contributed by atoms with E-state index in [0.29, 0.717) is 30.8 Å². The van der Waals surface area contributed by atoms with Crippen LogP contribution in [0.4, 0.5) is 0 Å². The standard InChI is InChI=1S/C21H21N3O2/c1-15-7-9-17(10-8-15)24-14-19(21(26)23-12-11-18(25)13-23)20(22-24)16-5-3-2-4-6-16/h2-10,14,18,25H,11-13H2,1H3/t18-/m1/s1. The summed E-state index contributed by atoms with van der Waals surface area (Å²) in [5.41, 5.74) is 4.21. The Kier molecular flexibility index (Phi) is 4.31. The molecule has 0 bridgehead atoms. The second-order valence-corrected chi connectivity index (χ2v) is 6.73. The van der Waals surface area contributed by atoms with Crippen LogP contribution in [-0.4, -0.2) is 44.9 Å². The van der Waals surface area contributed by atoms with Gasteiger partial charge in [0, 0.05) is 24.8 Å². The van der Waals surface area contributed by atoms with Gasteiger partial charge >= 0.3 is 0 Å². The van der Waals surface area contributed by atoms with Gasteiger partial charge in [-0.2, -0.15) is 5.10 Å². The molecule has 0 radical (unpaired) electrons. The average Bonchev–Trinajstić information content (AvgIpc) is 3.29. The van der Waals surface area contributed by atoms with Crippen LogP contribution in [-0.2, 0) is 0 Å². The molecule has 0 unspecified atom stereocenters. The summed E-state index contributed by atoms with van der Waals surface area (Å²) < 4.78 is 1.75. The highest BCUT2D eigenvalue weighted by Gasteiger charge is 2.29. The second kappa shape index (κ2) is 6.77. The topological polar surface area (TPSA) is 58.4 Å². The van der Waals surface area contributed by atoms with E-state index in [1.165, 1.54) is 5.56 Å². The van der Waals surface area contributed by atoms with E-state index in [1.807, 2.05) is 61.5 Å². The Morgan fingerprint density at radius 1 is 1.12 bits per heavy atom. The summed E-state index contributed by atoms with van der Waals surface area (Å²) in [7, 11) is 0. The van der Waals surface area contributed by atoms with Gasteiger partial charge in [0.05, 0.1) is 17.4 Å². The molecule has 132 valence electrons. The Morgan fingerprint density at radius 2 is 1.85 bits per heavy atom. The van der Waals surface area contributed by atoms with Gasteiger partial charge < -0.3 is 10.0 Å². The van der Waals surface area contributed by atoms with E-state index in [1.54, 1.807) is 15.8 Å². The lowest BCUT2D eigenvalue weighted by Gasteiger charge is -2.15. The smallest absolute Gasteiger partial charge is 0.257 e. The van der Waals surface area contributed by atoms with E-state index < -0.39 is 6.10 Å². The lowest BCUT2D eigenvalue weighted by Crippen LogP contribution is -2.29. The fraction of sp³-hybridized carbons (Fsp3) is 0.238. The number of β-amino-alcohol motifs (C(OH)–C–C–N with tert-alkyl or cyclic N) is 1. The molecule has 0 aliphatic carbocycles. The number of nitrogens with zero attached hydrogens (tertiary/aromatic N) is 3. The van der Waals surface area contributed by atoms with Crippen LogP contribution in [0.25, 0.3) is 16.9 Å².